The summed E-state index contributed by atoms with van der Waals surface area (Å²) in [5.74, 6) is 0.360. The molecule has 1 heterocycles. The zero-order valence-corrected chi connectivity index (χ0v) is 10.6. The van der Waals surface area contributed by atoms with Gasteiger partial charge in [-0.2, -0.15) is 5.10 Å². The number of esters is 1. The number of ether oxygens (including phenoxy) is 1. The van der Waals surface area contributed by atoms with Gasteiger partial charge in [0.2, 0.25) is 0 Å². The van der Waals surface area contributed by atoms with Gasteiger partial charge in [-0.15, -0.1) is 0 Å². The van der Waals surface area contributed by atoms with Gasteiger partial charge in [0, 0.05) is 11.9 Å². The van der Waals surface area contributed by atoms with Gasteiger partial charge in [0.1, 0.15) is 0 Å². The van der Waals surface area contributed by atoms with Crippen molar-refractivity contribution in [3.05, 3.63) is 29.5 Å². The lowest BCUT2D eigenvalue weighted by Gasteiger charge is -2.03. The van der Waals surface area contributed by atoms with Crippen LogP contribution in [0.25, 0.3) is 10.9 Å². The van der Waals surface area contributed by atoms with E-state index < -0.39 is 0 Å². The van der Waals surface area contributed by atoms with Crippen molar-refractivity contribution in [2.75, 3.05) is 7.11 Å². The highest BCUT2D eigenvalue weighted by Gasteiger charge is 2.25. The molecule has 0 atom stereocenters. The van der Waals surface area contributed by atoms with Crippen LogP contribution in [0.2, 0.25) is 0 Å². The maximum atomic E-state index is 11.8. The van der Waals surface area contributed by atoms with Crippen LogP contribution in [-0.4, -0.2) is 22.9 Å². The Bertz CT molecular complexity index is 612. The number of rotatable bonds is 3. The highest BCUT2D eigenvalue weighted by atomic mass is 16.5. The summed E-state index contributed by atoms with van der Waals surface area (Å²) in [5.41, 5.74) is 2.64. The summed E-state index contributed by atoms with van der Waals surface area (Å²) in [7, 11) is 1.39. The second kappa shape index (κ2) is 4.12. The van der Waals surface area contributed by atoms with Crippen LogP contribution in [0.1, 0.15) is 28.9 Å². The molecule has 1 aliphatic rings. The predicted molar refractivity (Wildman–Crippen MR) is 68.5 cm³/mol. The van der Waals surface area contributed by atoms with Gasteiger partial charge in [0.25, 0.3) is 0 Å². The smallest absolute Gasteiger partial charge is 0.359 e. The SMILES string of the molecule is COC(=O)c1nn(CC2CC2)c2c(C)cccc12. The zero-order valence-electron chi connectivity index (χ0n) is 10.6. The van der Waals surface area contributed by atoms with E-state index in [1.807, 2.05) is 16.8 Å². The third-order valence-corrected chi connectivity index (χ3v) is 3.48. The van der Waals surface area contributed by atoms with Gasteiger partial charge in [-0.3, -0.25) is 4.68 Å². The number of fused-ring (bicyclic) bond motifs is 1. The van der Waals surface area contributed by atoms with Crippen molar-refractivity contribution in [1.82, 2.24) is 9.78 Å². The number of hydrogen-bond acceptors (Lipinski definition) is 3. The van der Waals surface area contributed by atoms with Gasteiger partial charge in [0.05, 0.1) is 12.6 Å². The fourth-order valence-electron chi connectivity index (χ4n) is 2.34. The van der Waals surface area contributed by atoms with E-state index >= 15 is 0 Å². The number of methoxy groups -OCH3 is 1. The van der Waals surface area contributed by atoms with Crippen LogP contribution >= 0.6 is 0 Å². The first-order chi connectivity index (χ1) is 8.70. The lowest BCUT2D eigenvalue weighted by Crippen LogP contribution is -2.06. The van der Waals surface area contributed by atoms with E-state index in [2.05, 4.69) is 18.1 Å². The molecule has 1 aromatic heterocycles. The van der Waals surface area contributed by atoms with Gasteiger partial charge >= 0.3 is 5.97 Å². The van der Waals surface area contributed by atoms with Gasteiger partial charge in [-0.25, -0.2) is 4.79 Å². The molecular formula is C14H16N2O2. The molecule has 0 unspecified atom stereocenters. The average molecular weight is 244 g/mol. The molecule has 3 rings (SSSR count). The number of aryl methyl sites for hydroxylation is 1. The van der Waals surface area contributed by atoms with Gasteiger partial charge in [-0.05, 0) is 31.2 Å². The number of aromatic nitrogens is 2. The Hall–Kier alpha value is -1.84. The Kier molecular flexibility index (Phi) is 2.58. The molecule has 18 heavy (non-hydrogen) atoms. The van der Waals surface area contributed by atoms with Crippen molar-refractivity contribution in [2.45, 2.75) is 26.3 Å². The van der Waals surface area contributed by atoms with E-state index in [1.165, 1.54) is 20.0 Å². The van der Waals surface area contributed by atoms with Crippen molar-refractivity contribution < 1.29 is 9.53 Å². The Morgan fingerprint density at radius 1 is 1.50 bits per heavy atom. The number of carbonyl (C=O) groups is 1. The minimum atomic E-state index is -0.361. The van der Waals surface area contributed by atoms with Gasteiger partial charge < -0.3 is 4.74 Å². The summed E-state index contributed by atoms with van der Waals surface area (Å²) in [6, 6.07) is 5.94. The van der Waals surface area contributed by atoms with Crippen LogP contribution in [0.3, 0.4) is 0 Å². The topological polar surface area (TPSA) is 44.1 Å². The van der Waals surface area contributed by atoms with Crippen molar-refractivity contribution >= 4 is 16.9 Å². The standard InChI is InChI=1S/C14H16N2O2/c1-9-4-3-5-11-12(14(17)18-2)15-16(13(9)11)8-10-6-7-10/h3-5,10H,6-8H2,1-2H3. The first-order valence-corrected chi connectivity index (χ1v) is 6.25. The zero-order chi connectivity index (χ0) is 12.7. The number of nitrogens with zero attached hydrogens (tertiary/aromatic N) is 2. The molecule has 1 aliphatic carbocycles. The molecule has 0 spiro atoms. The van der Waals surface area contributed by atoms with E-state index in [0.29, 0.717) is 5.69 Å². The minimum absolute atomic E-state index is 0.361. The third kappa shape index (κ3) is 1.78. The molecule has 4 heteroatoms. The van der Waals surface area contributed by atoms with Crippen LogP contribution in [0, 0.1) is 12.8 Å². The first kappa shape index (κ1) is 11.3. The van der Waals surface area contributed by atoms with E-state index in [4.69, 9.17) is 4.74 Å². The first-order valence-electron chi connectivity index (χ1n) is 6.25. The quantitative estimate of drug-likeness (QED) is 0.779. The Morgan fingerprint density at radius 2 is 2.28 bits per heavy atom. The van der Waals surface area contributed by atoms with Crippen LogP contribution in [0.5, 0.6) is 0 Å². The molecule has 1 saturated carbocycles. The normalized spacial score (nSPS) is 15.0. The minimum Gasteiger partial charge on any atom is -0.464 e. The van der Waals surface area contributed by atoms with Crippen molar-refractivity contribution in [3.8, 4) is 0 Å². The monoisotopic (exact) mass is 244 g/mol. The number of benzene rings is 1. The average Bonchev–Trinajstić information content (AvgIpc) is 3.10. The lowest BCUT2D eigenvalue weighted by atomic mass is 10.1. The molecule has 94 valence electrons. The fraction of sp³-hybridized carbons (Fsp3) is 0.429. The highest BCUT2D eigenvalue weighted by Crippen LogP contribution is 2.32. The van der Waals surface area contributed by atoms with E-state index in [0.717, 1.165) is 28.9 Å². The molecule has 1 fully saturated rings. The molecule has 2 aromatic rings. The second-order valence-corrected chi connectivity index (χ2v) is 4.94. The third-order valence-electron chi connectivity index (χ3n) is 3.48. The predicted octanol–water partition coefficient (Wildman–Crippen LogP) is 2.54. The van der Waals surface area contributed by atoms with Crippen molar-refractivity contribution in [1.29, 1.82) is 0 Å². The molecule has 0 bridgehead atoms. The summed E-state index contributed by atoms with van der Waals surface area (Å²) >= 11 is 0. The Balaban J connectivity index is 2.18. The van der Waals surface area contributed by atoms with Gasteiger partial charge in [0.15, 0.2) is 5.69 Å². The Labute approximate surface area is 106 Å². The molecular weight excluding hydrogens is 228 g/mol. The van der Waals surface area contributed by atoms with Crippen molar-refractivity contribution in [3.63, 3.8) is 0 Å². The summed E-state index contributed by atoms with van der Waals surface area (Å²) in [5, 5.41) is 5.33. The summed E-state index contributed by atoms with van der Waals surface area (Å²) < 4.78 is 6.77. The van der Waals surface area contributed by atoms with E-state index in [9.17, 15) is 4.79 Å². The molecule has 0 aliphatic heterocycles. The van der Waals surface area contributed by atoms with Gasteiger partial charge in [-0.1, -0.05) is 18.2 Å². The molecule has 0 amide bonds. The number of para-hydroxylation sites is 1. The highest BCUT2D eigenvalue weighted by molar-refractivity contribution is 6.02. The molecule has 4 nitrogen and oxygen atoms in total. The maximum absolute atomic E-state index is 11.8. The maximum Gasteiger partial charge on any atom is 0.359 e. The molecule has 1 aromatic carbocycles. The second-order valence-electron chi connectivity index (χ2n) is 4.94. The van der Waals surface area contributed by atoms with Crippen LogP contribution in [0.4, 0.5) is 0 Å². The summed E-state index contributed by atoms with van der Waals surface area (Å²) in [4.78, 5) is 11.8. The molecule has 0 N–H and O–H groups in total. The van der Waals surface area contributed by atoms with Crippen LogP contribution in [0.15, 0.2) is 18.2 Å². The lowest BCUT2D eigenvalue weighted by molar-refractivity contribution is 0.0595. The number of carbonyl (C=O) groups excluding carboxylic acids is 1. The van der Waals surface area contributed by atoms with Crippen LogP contribution < -0.4 is 0 Å². The van der Waals surface area contributed by atoms with Crippen LogP contribution in [-0.2, 0) is 11.3 Å². The van der Waals surface area contributed by atoms with Crippen molar-refractivity contribution in [2.24, 2.45) is 5.92 Å². The molecule has 0 radical (unpaired) electrons. The Morgan fingerprint density at radius 3 is 2.94 bits per heavy atom. The summed E-state index contributed by atoms with van der Waals surface area (Å²) in [6.07, 6.45) is 2.53. The largest absolute Gasteiger partial charge is 0.464 e. The van der Waals surface area contributed by atoms with E-state index in [-0.39, 0.29) is 5.97 Å². The molecule has 0 saturated heterocycles. The summed E-state index contributed by atoms with van der Waals surface area (Å²) in [6.45, 7) is 2.95. The van der Waals surface area contributed by atoms with E-state index in [1.54, 1.807) is 0 Å². The fourth-order valence-corrected chi connectivity index (χ4v) is 2.34. The number of hydrogen-bond donors (Lipinski definition) is 0.